The molecule has 2 rings (SSSR count). The van der Waals surface area contributed by atoms with Gasteiger partial charge in [-0.05, 0) is 43.2 Å². The molecule has 22 heavy (non-hydrogen) atoms. The molecular formula is C19H25N2O+. The first-order chi connectivity index (χ1) is 10.6. The van der Waals surface area contributed by atoms with Gasteiger partial charge in [0.2, 0.25) is 0 Å². The number of hydrogen-bond acceptors (Lipinski definition) is 1. The molecule has 0 radical (unpaired) electrons. The monoisotopic (exact) mass is 297 g/mol. The predicted molar refractivity (Wildman–Crippen MR) is 93.5 cm³/mol. The first-order valence-corrected chi connectivity index (χ1v) is 7.80. The van der Waals surface area contributed by atoms with Crippen LogP contribution in [-0.2, 0) is 13.0 Å². The van der Waals surface area contributed by atoms with E-state index in [1.165, 1.54) is 10.5 Å². The van der Waals surface area contributed by atoms with E-state index < -0.39 is 0 Å². The molecule has 0 aliphatic carbocycles. The Kier molecular flexibility index (Phi) is 5.34. The number of H-pyrrole nitrogens is 1. The van der Waals surface area contributed by atoms with Gasteiger partial charge in [-0.25, -0.2) is 0 Å². The van der Waals surface area contributed by atoms with Gasteiger partial charge in [-0.2, -0.15) is 0 Å². The minimum Gasteiger partial charge on any atom is -0.358 e. The second-order valence-corrected chi connectivity index (χ2v) is 5.70. The summed E-state index contributed by atoms with van der Waals surface area (Å²) in [6.45, 7) is 14.0. The number of nitrogens with one attached hydrogen (secondary N) is 2. The molecule has 2 N–H and O–H groups in total. The SMILES string of the molecule is C=CC[NH+](CC=C)Cc1c(C)[nH]c2ccc(CC)cc2c1=O. The van der Waals surface area contributed by atoms with Crippen LogP contribution >= 0.6 is 0 Å². The molecule has 1 aromatic carbocycles. The van der Waals surface area contributed by atoms with Crippen molar-refractivity contribution < 1.29 is 4.90 Å². The molecule has 0 unspecified atom stereocenters. The molecule has 0 saturated carbocycles. The average Bonchev–Trinajstić information content (AvgIpc) is 2.51. The summed E-state index contributed by atoms with van der Waals surface area (Å²) in [6, 6.07) is 6.09. The van der Waals surface area contributed by atoms with E-state index in [-0.39, 0.29) is 5.43 Å². The molecule has 0 spiro atoms. The number of aryl methyl sites for hydroxylation is 2. The van der Waals surface area contributed by atoms with Crippen molar-refractivity contribution in [2.24, 2.45) is 0 Å². The Balaban J connectivity index is 2.50. The number of pyridine rings is 1. The average molecular weight is 297 g/mol. The molecule has 1 aromatic heterocycles. The summed E-state index contributed by atoms with van der Waals surface area (Å²) >= 11 is 0. The Bertz CT molecular complexity index is 733. The Morgan fingerprint density at radius 2 is 1.91 bits per heavy atom. The maximum atomic E-state index is 12.9. The van der Waals surface area contributed by atoms with Crippen LogP contribution in [0.4, 0.5) is 0 Å². The maximum Gasteiger partial charge on any atom is 0.198 e. The van der Waals surface area contributed by atoms with Crippen LogP contribution in [0.1, 0.15) is 23.7 Å². The summed E-state index contributed by atoms with van der Waals surface area (Å²) < 4.78 is 0. The zero-order valence-electron chi connectivity index (χ0n) is 13.5. The molecule has 0 aliphatic heterocycles. The maximum absolute atomic E-state index is 12.9. The van der Waals surface area contributed by atoms with Crippen molar-refractivity contribution in [3.05, 3.63) is 70.6 Å². The Morgan fingerprint density at radius 3 is 2.50 bits per heavy atom. The number of rotatable bonds is 7. The summed E-state index contributed by atoms with van der Waals surface area (Å²) in [4.78, 5) is 17.5. The third kappa shape index (κ3) is 3.37. The van der Waals surface area contributed by atoms with E-state index in [9.17, 15) is 4.79 Å². The fourth-order valence-corrected chi connectivity index (χ4v) is 2.82. The molecule has 0 saturated heterocycles. The van der Waals surface area contributed by atoms with E-state index in [0.717, 1.165) is 41.7 Å². The molecule has 0 bridgehead atoms. The molecule has 116 valence electrons. The number of aromatic nitrogens is 1. The van der Waals surface area contributed by atoms with Crippen LogP contribution in [0.2, 0.25) is 0 Å². The molecule has 0 atom stereocenters. The van der Waals surface area contributed by atoms with Gasteiger partial charge in [0.15, 0.2) is 5.43 Å². The number of benzene rings is 1. The van der Waals surface area contributed by atoms with E-state index in [4.69, 9.17) is 0 Å². The van der Waals surface area contributed by atoms with Crippen LogP contribution < -0.4 is 10.3 Å². The normalized spacial score (nSPS) is 11.0. The van der Waals surface area contributed by atoms with E-state index in [0.29, 0.717) is 6.54 Å². The number of hydrogen-bond donors (Lipinski definition) is 2. The lowest BCUT2D eigenvalue weighted by atomic mass is 10.0. The Hall–Kier alpha value is -2.13. The zero-order valence-corrected chi connectivity index (χ0v) is 13.5. The Labute approximate surface area is 132 Å². The summed E-state index contributed by atoms with van der Waals surface area (Å²) in [6.07, 6.45) is 4.71. The van der Waals surface area contributed by atoms with Crippen molar-refractivity contribution >= 4 is 10.9 Å². The molecule has 1 heterocycles. The minimum atomic E-state index is 0.146. The van der Waals surface area contributed by atoms with Gasteiger partial charge in [0, 0.05) is 16.6 Å². The van der Waals surface area contributed by atoms with Gasteiger partial charge >= 0.3 is 0 Å². The van der Waals surface area contributed by atoms with Crippen LogP contribution in [0.25, 0.3) is 10.9 Å². The zero-order chi connectivity index (χ0) is 16.1. The minimum absolute atomic E-state index is 0.146. The summed E-state index contributed by atoms with van der Waals surface area (Å²) in [5, 5.41) is 0.788. The Morgan fingerprint density at radius 1 is 1.23 bits per heavy atom. The smallest absolute Gasteiger partial charge is 0.198 e. The van der Waals surface area contributed by atoms with Gasteiger partial charge in [-0.3, -0.25) is 4.79 Å². The molecular weight excluding hydrogens is 272 g/mol. The molecule has 3 heteroatoms. The quantitative estimate of drug-likeness (QED) is 0.755. The van der Waals surface area contributed by atoms with Crippen LogP contribution in [0.3, 0.4) is 0 Å². The predicted octanol–water partition coefficient (Wildman–Crippen LogP) is 2.16. The van der Waals surface area contributed by atoms with E-state index in [1.807, 2.05) is 31.2 Å². The fourth-order valence-electron chi connectivity index (χ4n) is 2.82. The lowest BCUT2D eigenvalue weighted by molar-refractivity contribution is -0.902. The highest BCUT2D eigenvalue weighted by atomic mass is 16.1. The fraction of sp³-hybridized carbons (Fsp3) is 0.316. The molecule has 0 aliphatic rings. The van der Waals surface area contributed by atoms with Crippen LogP contribution in [0.5, 0.6) is 0 Å². The topological polar surface area (TPSA) is 37.3 Å². The van der Waals surface area contributed by atoms with Gasteiger partial charge in [-0.1, -0.05) is 26.1 Å². The van der Waals surface area contributed by atoms with Crippen molar-refractivity contribution in [2.75, 3.05) is 13.1 Å². The molecule has 2 aromatic rings. The van der Waals surface area contributed by atoms with Crippen LogP contribution in [0.15, 0.2) is 48.3 Å². The van der Waals surface area contributed by atoms with Gasteiger partial charge in [-0.15, -0.1) is 0 Å². The van der Waals surface area contributed by atoms with E-state index in [2.05, 4.69) is 31.1 Å². The number of fused-ring (bicyclic) bond motifs is 1. The van der Waals surface area contributed by atoms with Gasteiger partial charge in [0.1, 0.15) is 6.54 Å². The van der Waals surface area contributed by atoms with Gasteiger partial charge < -0.3 is 9.88 Å². The van der Waals surface area contributed by atoms with Gasteiger partial charge in [0.05, 0.1) is 18.7 Å². The largest absolute Gasteiger partial charge is 0.358 e. The van der Waals surface area contributed by atoms with Crippen molar-refractivity contribution in [1.82, 2.24) is 4.98 Å². The van der Waals surface area contributed by atoms with Crippen molar-refractivity contribution in [3.8, 4) is 0 Å². The lowest BCUT2D eigenvalue weighted by Crippen LogP contribution is -3.10. The second-order valence-electron chi connectivity index (χ2n) is 5.70. The van der Waals surface area contributed by atoms with E-state index in [1.54, 1.807) is 0 Å². The molecule has 0 amide bonds. The van der Waals surface area contributed by atoms with Crippen molar-refractivity contribution in [1.29, 1.82) is 0 Å². The third-order valence-corrected chi connectivity index (χ3v) is 4.08. The number of aromatic amines is 1. The van der Waals surface area contributed by atoms with Crippen molar-refractivity contribution in [2.45, 2.75) is 26.8 Å². The molecule has 0 fully saturated rings. The lowest BCUT2D eigenvalue weighted by Gasteiger charge is -2.17. The second kappa shape index (κ2) is 7.23. The summed E-state index contributed by atoms with van der Waals surface area (Å²) in [7, 11) is 0. The van der Waals surface area contributed by atoms with Crippen molar-refractivity contribution in [3.63, 3.8) is 0 Å². The van der Waals surface area contributed by atoms with Gasteiger partial charge in [0.25, 0.3) is 0 Å². The first kappa shape index (κ1) is 16.2. The number of quaternary nitrogens is 1. The van der Waals surface area contributed by atoms with Crippen LogP contribution in [0, 0.1) is 6.92 Å². The standard InChI is InChI=1S/C19H24N2O/c1-5-10-21(11-6-2)13-17-14(4)20-18-9-8-15(7-3)12-16(18)19(17)22/h5-6,8-9,12H,1-2,7,10-11,13H2,3-4H3,(H,20,22)/p+1. The highest BCUT2D eigenvalue weighted by Crippen LogP contribution is 2.13. The highest BCUT2D eigenvalue weighted by molar-refractivity contribution is 5.80. The van der Waals surface area contributed by atoms with E-state index >= 15 is 0 Å². The summed E-state index contributed by atoms with van der Waals surface area (Å²) in [5.41, 5.74) is 4.06. The van der Waals surface area contributed by atoms with Crippen LogP contribution in [-0.4, -0.2) is 18.1 Å². The third-order valence-electron chi connectivity index (χ3n) is 4.08. The highest BCUT2D eigenvalue weighted by Gasteiger charge is 2.15. The summed E-state index contributed by atoms with van der Waals surface area (Å²) in [5.74, 6) is 0. The first-order valence-electron chi connectivity index (χ1n) is 7.80. The molecule has 3 nitrogen and oxygen atoms in total.